The summed E-state index contributed by atoms with van der Waals surface area (Å²) < 4.78 is 14.8. The Morgan fingerprint density at radius 1 is 1.24 bits per heavy atom. The van der Waals surface area contributed by atoms with Crippen molar-refractivity contribution in [2.75, 3.05) is 18.5 Å². The average Bonchev–Trinajstić information content (AvgIpc) is 3.37. The van der Waals surface area contributed by atoms with E-state index in [4.69, 9.17) is 15.2 Å². The molecule has 0 radical (unpaired) electrons. The first-order chi connectivity index (χ1) is 17.5. The van der Waals surface area contributed by atoms with Crippen LogP contribution in [0.25, 0.3) is 11.0 Å². The molecule has 0 saturated heterocycles. The van der Waals surface area contributed by atoms with Gasteiger partial charge in [0.15, 0.2) is 0 Å². The van der Waals surface area contributed by atoms with Crippen molar-refractivity contribution < 1.29 is 23.9 Å². The molecule has 3 aromatic rings. The second kappa shape index (κ2) is 10.1. The Labute approximate surface area is 214 Å². The number of amides is 3. The molecular weight excluding hydrogens is 478 g/mol. The highest BCUT2D eigenvalue weighted by molar-refractivity contribution is 6.04. The summed E-state index contributed by atoms with van der Waals surface area (Å²) in [5.41, 5.74) is 7.50. The van der Waals surface area contributed by atoms with Gasteiger partial charge in [0, 0.05) is 18.7 Å². The van der Waals surface area contributed by atoms with Crippen LogP contribution in [-0.2, 0) is 11.3 Å². The number of primary amides is 1. The molecular formula is C25H33N7O5. The van der Waals surface area contributed by atoms with Crippen LogP contribution < -0.4 is 21.1 Å². The minimum absolute atomic E-state index is 0.175. The molecule has 0 spiro atoms. The first-order valence-electron chi connectivity index (χ1n) is 12.3. The summed E-state index contributed by atoms with van der Waals surface area (Å²) in [6.07, 6.45) is 0.793. The van der Waals surface area contributed by atoms with Crippen molar-refractivity contribution in [1.82, 2.24) is 24.6 Å². The number of rotatable bonds is 8. The summed E-state index contributed by atoms with van der Waals surface area (Å²) in [4.78, 5) is 41.6. The molecule has 12 nitrogen and oxygen atoms in total. The molecule has 0 bridgehead atoms. The monoisotopic (exact) mass is 511 g/mol. The summed E-state index contributed by atoms with van der Waals surface area (Å²) >= 11 is 0. The Morgan fingerprint density at radius 2 is 2.00 bits per heavy atom. The average molecular weight is 512 g/mol. The lowest BCUT2D eigenvalue weighted by Crippen LogP contribution is -2.33. The molecule has 0 fully saturated rings. The number of hydrogen-bond donors (Lipinski definition) is 3. The van der Waals surface area contributed by atoms with Gasteiger partial charge in [-0.15, -0.1) is 0 Å². The van der Waals surface area contributed by atoms with Gasteiger partial charge in [0.05, 0.1) is 17.3 Å². The van der Waals surface area contributed by atoms with Crippen molar-refractivity contribution in [2.24, 2.45) is 5.73 Å². The zero-order valence-electron chi connectivity index (χ0n) is 21.8. The van der Waals surface area contributed by atoms with Crippen molar-refractivity contribution in [2.45, 2.75) is 65.6 Å². The van der Waals surface area contributed by atoms with E-state index in [1.54, 1.807) is 22.9 Å². The zero-order chi connectivity index (χ0) is 26.9. The number of nitrogens with one attached hydrogen (secondary N) is 2. The maximum Gasteiger partial charge on any atom is 0.407 e. The predicted molar refractivity (Wildman–Crippen MR) is 137 cm³/mol. The second-order valence-corrected chi connectivity index (χ2v) is 9.99. The van der Waals surface area contributed by atoms with Gasteiger partial charge in [0.2, 0.25) is 11.9 Å². The van der Waals surface area contributed by atoms with Crippen LogP contribution in [0.1, 0.15) is 73.1 Å². The number of benzene rings is 1. The lowest BCUT2D eigenvalue weighted by Gasteiger charge is -2.27. The Morgan fingerprint density at radius 3 is 2.68 bits per heavy atom. The van der Waals surface area contributed by atoms with E-state index in [1.807, 2.05) is 39.2 Å². The molecule has 0 unspecified atom stereocenters. The molecule has 3 amide bonds. The van der Waals surface area contributed by atoms with Crippen molar-refractivity contribution in [3.8, 4) is 5.75 Å². The number of alkyl carbamates (subject to hydrolysis) is 1. The number of hydrogen-bond acceptors (Lipinski definition) is 7. The molecule has 4 N–H and O–H groups in total. The summed E-state index contributed by atoms with van der Waals surface area (Å²) in [7, 11) is 0. The molecule has 4 rings (SSSR count). The third kappa shape index (κ3) is 5.68. The van der Waals surface area contributed by atoms with Gasteiger partial charge in [-0.1, -0.05) is 0 Å². The highest BCUT2D eigenvalue weighted by atomic mass is 16.6. The minimum Gasteiger partial charge on any atom is -0.489 e. The maximum absolute atomic E-state index is 13.2. The second-order valence-electron chi connectivity index (χ2n) is 9.99. The van der Waals surface area contributed by atoms with E-state index >= 15 is 0 Å². The highest BCUT2D eigenvalue weighted by Gasteiger charge is 2.29. The van der Waals surface area contributed by atoms with Crippen LogP contribution in [0.5, 0.6) is 5.75 Å². The first kappa shape index (κ1) is 26.0. The summed E-state index contributed by atoms with van der Waals surface area (Å²) in [5, 5.41) is 10.0. The predicted octanol–water partition coefficient (Wildman–Crippen LogP) is 3.15. The van der Waals surface area contributed by atoms with Crippen molar-refractivity contribution in [1.29, 1.82) is 0 Å². The van der Waals surface area contributed by atoms with E-state index in [2.05, 4.69) is 20.7 Å². The molecule has 37 heavy (non-hydrogen) atoms. The molecule has 0 aliphatic carbocycles. The molecule has 2 aromatic heterocycles. The topological polar surface area (TPSA) is 155 Å². The first-order valence-corrected chi connectivity index (χ1v) is 12.3. The molecule has 0 saturated carbocycles. The van der Waals surface area contributed by atoms with Crippen molar-refractivity contribution in [3.05, 3.63) is 35.2 Å². The quantitative estimate of drug-likeness (QED) is 0.392. The number of aromatic nitrogens is 4. The Balaban J connectivity index is 1.60. The molecule has 198 valence electrons. The van der Waals surface area contributed by atoms with Crippen LogP contribution in [0.4, 0.5) is 10.7 Å². The largest absolute Gasteiger partial charge is 0.489 e. The molecule has 1 aliphatic rings. The van der Waals surface area contributed by atoms with Crippen LogP contribution in [0.3, 0.4) is 0 Å². The smallest absolute Gasteiger partial charge is 0.407 e. The van der Waals surface area contributed by atoms with Gasteiger partial charge >= 0.3 is 6.09 Å². The van der Waals surface area contributed by atoms with E-state index in [0.717, 1.165) is 5.69 Å². The van der Waals surface area contributed by atoms with Crippen molar-refractivity contribution in [3.63, 3.8) is 0 Å². The number of anilines is 1. The maximum atomic E-state index is 13.2. The standard InChI is InChI=1S/C25H33N7O5/c1-6-31-18(10-14(2)30-31)22(34)29-23-28-17-11-15(21(26)33)12-19-20(17)32(23)16(13-36-19)8-7-9-27-24(35)37-25(3,4)5/h10-12,16H,6-9,13H2,1-5H3,(H2,26,33)(H,27,35)(H,28,29,34)/t16-/m0/s1. The number of aryl methyl sites for hydroxylation is 2. The Kier molecular flexibility index (Phi) is 7.10. The molecule has 3 heterocycles. The number of nitrogens with zero attached hydrogens (tertiary/aromatic N) is 4. The lowest BCUT2D eigenvalue weighted by atomic mass is 10.1. The Bertz CT molecular complexity index is 1350. The van der Waals surface area contributed by atoms with Crippen LogP contribution >= 0.6 is 0 Å². The van der Waals surface area contributed by atoms with Crippen LogP contribution in [0.2, 0.25) is 0 Å². The summed E-state index contributed by atoms with van der Waals surface area (Å²) in [5.74, 6) is -0.142. The number of carbonyl (C=O) groups is 3. The van der Waals surface area contributed by atoms with E-state index < -0.39 is 17.6 Å². The molecule has 1 atom stereocenters. The normalized spacial score (nSPS) is 14.8. The van der Waals surface area contributed by atoms with E-state index in [1.165, 1.54) is 0 Å². The molecule has 1 aliphatic heterocycles. The van der Waals surface area contributed by atoms with Gasteiger partial charge in [0.25, 0.3) is 5.91 Å². The summed E-state index contributed by atoms with van der Waals surface area (Å²) in [6.45, 7) is 10.4. The van der Waals surface area contributed by atoms with Crippen LogP contribution in [0, 0.1) is 6.92 Å². The fourth-order valence-corrected chi connectivity index (χ4v) is 4.34. The van der Waals surface area contributed by atoms with E-state index in [9.17, 15) is 14.4 Å². The van der Waals surface area contributed by atoms with Crippen LogP contribution in [-0.4, -0.2) is 56.0 Å². The summed E-state index contributed by atoms with van der Waals surface area (Å²) in [6, 6.07) is 4.72. The van der Waals surface area contributed by atoms with Gasteiger partial charge in [-0.3, -0.25) is 19.6 Å². The van der Waals surface area contributed by atoms with Crippen LogP contribution in [0.15, 0.2) is 18.2 Å². The fourth-order valence-electron chi connectivity index (χ4n) is 4.34. The number of imidazole rings is 1. The van der Waals surface area contributed by atoms with Gasteiger partial charge in [-0.25, -0.2) is 9.78 Å². The number of ether oxygens (including phenoxy) is 2. The molecule has 1 aromatic carbocycles. The van der Waals surface area contributed by atoms with Gasteiger partial charge in [-0.2, -0.15) is 5.10 Å². The third-order valence-electron chi connectivity index (χ3n) is 5.87. The van der Waals surface area contributed by atoms with Gasteiger partial charge in [0.1, 0.15) is 29.2 Å². The Hall–Kier alpha value is -4.09. The van der Waals surface area contributed by atoms with E-state index in [-0.39, 0.29) is 17.5 Å². The van der Waals surface area contributed by atoms with Crippen molar-refractivity contribution >= 4 is 34.9 Å². The minimum atomic E-state index is -0.598. The molecule has 12 heteroatoms. The lowest BCUT2D eigenvalue weighted by molar-refractivity contribution is 0.0525. The number of carbonyl (C=O) groups excluding carboxylic acids is 3. The number of nitrogens with two attached hydrogens (primary N) is 1. The highest BCUT2D eigenvalue weighted by Crippen LogP contribution is 2.38. The van der Waals surface area contributed by atoms with Gasteiger partial charge < -0.3 is 25.1 Å². The third-order valence-corrected chi connectivity index (χ3v) is 5.87. The fraction of sp³-hybridized carbons (Fsp3) is 0.480. The van der Waals surface area contributed by atoms with E-state index in [0.29, 0.717) is 61.0 Å². The van der Waals surface area contributed by atoms with Gasteiger partial charge in [-0.05, 0) is 65.7 Å². The SMILES string of the molecule is CCn1nc(C)cc1C(=O)Nc1nc2cc(C(N)=O)cc3c2n1[C@@H](CCCNC(=O)OC(C)(C)C)CO3. The zero-order valence-corrected chi connectivity index (χ0v) is 21.8.